The maximum Gasteiger partial charge on any atom is 0.308 e. The van der Waals surface area contributed by atoms with Crippen LogP contribution in [0.3, 0.4) is 0 Å². The number of aromatic nitrogens is 2. The highest BCUT2D eigenvalue weighted by atomic mass is 16.4. The SMILES string of the molecule is CCn1cc(C(=O)N2CC[C@@H](C(=O)O)C2)cn1. The third-order valence-corrected chi connectivity index (χ3v) is 3.03. The number of nitrogens with zero attached hydrogens (tertiary/aromatic N) is 3. The van der Waals surface area contributed by atoms with Gasteiger partial charge in [-0.2, -0.15) is 5.10 Å². The van der Waals surface area contributed by atoms with Gasteiger partial charge in [-0.25, -0.2) is 0 Å². The van der Waals surface area contributed by atoms with Crippen molar-refractivity contribution in [2.45, 2.75) is 19.9 Å². The van der Waals surface area contributed by atoms with Crippen molar-refractivity contribution < 1.29 is 14.7 Å². The van der Waals surface area contributed by atoms with E-state index in [1.165, 1.54) is 6.20 Å². The second-order valence-electron chi connectivity index (χ2n) is 4.16. The summed E-state index contributed by atoms with van der Waals surface area (Å²) >= 11 is 0. The average molecular weight is 237 g/mol. The minimum atomic E-state index is -0.829. The first kappa shape index (κ1) is 11.6. The Morgan fingerprint density at radius 2 is 2.35 bits per heavy atom. The highest BCUT2D eigenvalue weighted by Crippen LogP contribution is 2.18. The molecule has 6 nitrogen and oxygen atoms in total. The van der Waals surface area contributed by atoms with Crippen LogP contribution in [0.25, 0.3) is 0 Å². The lowest BCUT2D eigenvalue weighted by atomic mass is 10.1. The summed E-state index contributed by atoms with van der Waals surface area (Å²) in [6, 6.07) is 0. The number of carbonyl (C=O) groups is 2. The van der Waals surface area contributed by atoms with Gasteiger partial charge in [0.1, 0.15) is 0 Å². The Labute approximate surface area is 98.8 Å². The fraction of sp³-hybridized carbons (Fsp3) is 0.545. The molecule has 0 spiro atoms. The monoisotopic (exact) mass is 237 g/mol. The lowest BCUT2D eigenvalue weighted by Crippen LogP contribution is -2.29. The summed E-state index contributed by atoms with van der Waals surface area (Å²) in [4.78, 5) is 24.4. The number of amides is 1. The van der Waals surface area contributed by atoms with Crippen molar-refractivity contribution in [1.29, 1.82) is 0 Å². The van der Waals surface area contributed by atoms with Gasteiger partial charge in [-0.1, -0.05) is 0 Å². The van der Waals surface area contributed by atoms with Gasteiger partial charge in [0.2, 0.25) is 0 Å². The van der Waals surface area contributed by atoms with E-state index in [-0.39, 0.29) is 5.91 Å². The number of hydrogen-bond donors (Lipinski definition) is 1. The number of hydrogen-bond acceptors (Lipinski definition) is 3. The molecule has 2 heterocycles. The van der Waals surface area contributed by atoms with Gasteiger partial charge in [0.05, 0.1) is 17.7 Å². The number of carboxylic acids is 1. The summed E-state index contributed by atoms with van der Waals surface area (Å²) in [5.41, 5.74) is 0.526. The number of carbonyl (C=O) groups excluding carboxylic acids is 1. The zero-order valence-corrected chi connectivity index (χ0v) is 9.67. The third kappa shape index (κ3) is 2.30. The van der Waals surface area contributed by atoms with E-state index >= 15 is 0 Å². The summed E-state index contributed by atoms with van der Waals surface area (Å²) in [5.74, 6) is -1.39. The Morgan fingerprint density at radius 1 is 1.59 bits per heavy atom. The van der Waals surface area contributed by atoms with E-state index in [4.69, 9.17) is 5.11 Å². The standard InChI is InChI=1S/C11H15N3O3/c1-2-14-7-9(5-12-14)10(15)13-4-3-8(6-13)11(16)17/h5,7-8H,2-4,6H2,1H3,(H,16,17)/t8-/m1/s1. The minimum Gasteiger partial charge on any atom is -0.481 e. The van der Waals surface area contributed by atoms with Crippen LogP contribution in [0.4, 0.5) is 0 Å². The zero-order valence-electron chi connectivity index (χ0n) is 9.67. The summed E-state index contributed by atoms with van der Waals surface area (Å²) in [6.07, 6.45) is 3.75. The van der Waals surface area contributed by atoms with E-state index in [0.29, 0.717) is 31.6 Å². The van der Waals surface area contributed by atoms with Gasteiger partial charge in [-0.05, 0) is 13.3 Å². The molecule has 0 aromatic carbocycles. The van der Waals surface area contributed by atoms with Gasteiger partial charge < -0.3 is 10.0 Å². The predicted molar refractivity (Wildman–Crippen MR) is 59.5 cm³/mol. The largest absolute Gasteiger partial charge is 0.481 e. The molecule has 6 heteroatoms. The van der Waals surface area contributed by atoms with Crippen molar-refractivity contribution in [3.05, 3.63) is 18.0 Å². The maximum absolute atomic E-state index is 12.0. The molecule has 0 radical (unpaired) electrons. The van der Waals surface area contributed by atoms with Crippen molar-refractivity contribution in [3.8, 4) is 0 Å². The van der Waals surface area contributed by atoms with Crippen LogP contribution in [-0.4, -0.2) is 44.8 Å². The number of aliphatic carboxylic acids is 1. The van der Waals surface area contributed by atoms with Crippen LogP contribution in [0, 0.1) is 5.92 Å². The van der Waals surface area contributed by atoms with Crippen molar-refractivity contribution in [1.82, 2.24) is 14.7 Å². The van der Waals surface area contributed by atoms with Crippen LogP contribution in [0.1, 0.15) is 23.7 Å². The van der Waals surface area contributed by atoms with Crippen molar-refractivity contribution in [2.24, 2.45) is 5.92 Å². The molecule has 17 heavy (non-hydrogen) atoms. The molecule has 1 aliphatic rings. The van der Waals surface area contributed by atoms with E-state index in [2.05, 4.69) is 5.10 Å². The number of aryl methyl sites for hydroxylation is 1. The summed E-state index contributed by atoms with van der Waals surface area (Å²) < 4.78 is 1.68. The van der Waals surface area contributed by atoms with Crippen LogP contribution in [-0.2, 0) is 11.3 Å². The van der Waals surface area contributed by atoms with Gasteiger partial charge >= 0.3 is 5.97 Å². The van der Waals surface area contributed by atoms with E-state index < -0.39 is 11.9 Å². The van der Waals surface area contributed by atoms with E-state index in [1.807, 2.05) is 6.92 Å². The second kappa shape index (κ2) is 4.57. The molecule has 1 fully saturated rings. The highest BCUT2D eigenvalue weighted by Gasteiger charge is 2.31. The predicted octanol–water partition coefficient (Wildman–Crippen LogP) is 0.450. The van der Waals surface area contributed by atoms with Gasteiger partial charge in [-0.15, -0.1) is 0 Å². The molecule has 1 aliphatic heterocycles. The molecule has 2 rings (SSSR count). The Morgan fingerprint density at radius 3 is 2.88 bits per heavy atom. The normalized spacial score (nSPS) is 19.6. The molecule has 0 saturated carbocycles. The summed E-state index contributed by atoms with van der Waals surface area (Å²) in [6.45, 7) is 3.46. The quantitative estimate of drug-likeness (QED) is 0.828. The first-order chi connectivity index (χ1) is 8.11. The molecule has 0 bridgehead atoms. The molecule has 0 unspecified atom stereocenters. The van der Waals surface area contributed by atoms with E-state index in [9.17, 15) is 9.59 Å². The first-order valence-electron chi connectivity index (χ1n) is 5.66. The molecule has 1 amide bonds. The van der Waals surface area contributed by atoms with Crippen LogP contribution in [0.2, 0.25) is 0 Å². The Bertz CT molecular complexity index is 441. The Balaban J connectivity index is 2.04. The molecule has 0 aliphatic carbocycles. The molecule has 92 valence electrons. The topological polar surface area (TPSA) is 75.4 Å². The fourth-order valence-electron chi connectivity index (χ4n) is 1.98. The molecule has 1 saturated heterocycles. The molecule has 1 N–H and O–H groups in total. The van der Waals surface area contributed by atoms with Crippen LogP contribution >= 0.6 is 0 Å². The smallest absolute Gasteiger partial charge is 0.308 e. The van der Waals surface area contributed by atoms with Crippen molar-refractivity contribution in [3.63, 3.8) is 0 Å². The first-order valence-corrected chi connectivity index (χ1v) is 5.66. The van der Waals surface area contributed by atoms with Crippen LogP contribution in [0.15, 0.2) is 12.4 Å². The zero-order chi connectivity index (χ0) is 12.4. The molecule has 1 atom stereocenters. The van der Waals surface area contributed by atoms with Crippen molar-refractivity contribution in [2.75, 3.05) is 13.1 Å². The number of rotatable bonds is 3. The lowest BCUT2D eigenvalue weighted by Gasteiger charge is -2.14. The third-order valence-electron chi connectivity index (χ3n) is 3.03. The summed E-state index contributed by atoms with van der Waals surface area (Å²) in [5, 5.41) is 12.9. The van der Waals surface area contributed by atoms with Gasteiger partial charge in [0.25, 0.3) is 5.91 Å². The maximum atomic E-state index is 12.0. The summed E-state index contributed by atoms with van der Waals surface area (Å²) in [7, 11) is 0. The molecular weight excluding hydrogens is 222 g/mol. The lowest BCUT2D eigenvalue weighted by molar-refractivity contribution is -0.141. The highest BCUT2D eigenvalue weighted by molar-refractivity contribution is 5.94. The number of carboxylic acid groups (broad SMARTS) is 1. The molecule has 1 aromatic heterocycles. The van der Waals surface area contributed by atoms with Gasteiger partial charge in [0, 0.05) is 25.8 Å². The Hall–Kier alpha value is -1.85. The van der Waals surface area contributed by atoms with Crippen LogP contribution in [0.5, 0.6) is 0 Å². The minimum absolute atomic E-state index is 0.131. The second-order valence-corrected chi connectivity index (χ2v) is 4.16. The van der Waals surface area contributed by atoms with Gasteiger partial charge in [0.15, 0.2) is 0 Å². The Kier molecular flexibility index (Phi) is 3.12. The van der Waals surface area contributed by atoms with E-state index in [0.717, 1.165) is 0 Å². The molecular formula is C11H15N3O3. The van der Waals surface area contributed by atoms with Crippen molar-refractivity contribution >= 4 is 11.9 Å². The fourth-order valence-corrected chi connectivity index (χ4v) is 1.98. The van der Waals surface area contributed by atoms with Gasteiger partial charge in [-0.3, -0.25) is 14.3 Å². The number of likely N-dealkylation sites (tertiary alicyclic amines) is 1. The molecule has 1 aromatic rings. The average Bonchev–Trinajstić information content (AvgIpc) is 2.97. The van der Waals surface area contributed by atoms with Crippen LogP contribution < -0.4 is 0 Å². The van der Waals surface area contributed by atoms with E-state index in [1.54, 1.807) is 15.8 Å².